The van der Waals surface area contributed by atoms with Gasteiger partial charge in [0.15, 0.2) is 5.78 Å². The SMILES string of the molecule is Cc1ccc(C)c(C(=O)CN2C(=O)N[C@](C)(c3ccc(F)cc3)C2=O)c1. The van der Waals surface area contributed by atoms with E-state index in [4.69, 9.17) is 0 Å². The highest BCUT2D eigenvalue weighted by atomic mass is 19.1. The van der Waals surface area contributed by atoms with Crippen LogP contribution in [0.5, 0.6) is 0 Å². The molecular weight excluding hydrogens is 335 g/mol. The van der Waals surface area contributed by atoms with Gasteiger partial charge in [-0.25, -0.2) is 9.18 Å². The minimum Gasteiger partial charge on any atom is -0.319 e. The summed E-state index contributed by atoms with van der Waals surface area (Å²) < 4.78 is 13.2. The summed E-state index contributed by atoms with van der Waals surface area (Å²) in [7, 11) is 0. The van der Waals surface area contributed by atoms with E-state index in [1.165, 1.54) is 24.3 Å². The molecule has 6 heteroatoms. The zero-order valence-corrected chi connectivity index (χ0v) is 14.8. The van der Waals surface area contributed by atoms with E-state index in [0.717, 1.165) is 16.0 Å². The maximum Gasteiger partial charge on any atom is 0.325 e. The molecule has 0 unspecified atom stereocenters. The lowest BCUT2D eigenvalue weighted by Gasteiger charge is -2.22. The molecule has 1 heterocycles. The number of hydrogen-bond donors (Lipinski definition) is 1. The molecule has 0 spiro atoms. The van der Waals surface area contributed by atoms with Crippen LogP contribution in [-0.4, -0.2) is 29.2 Å². The zero-order chi connectivity index (χ0) is 19.1. The van der Waals surface area contributed by atoms with E-state index in [9.17, 15) is 18.8 Å². The van der Waals surface area contributed by atoms with Gasteiger partial charge in [-0.2, -0.15) is 0 Å². The number of Topliss-reactive ketones (excluding diaryl/α,β-unsaturated/α-hetero) is 1. The summed E-state index contributed by atoms with van der Waals surface area (Å²) in [6.45, 7) is 4.88. The number of hydrogen-bond acceptors (Lipinski definition) is 3. The second-order valence-electron chi connectivity index (χ2n) is 6.69. The number of nitrogens with one attached hydrogen (secondary N) is 1. The Morgan fingerprint density at radius 1 is 1.12 bits per heavy atom. The molecule has 1 N–H and O–H groups in total. The molecule has 0 saturated carbocycles. The molecule has 1 saturated heterocycles. The first-order chi connectivity index (χ1) is 12.2. The number of amides is 3. The van der Waals surface area contributed by atoms with Crippen LogP contribution in [0.3, 0.4) is 0 Å². The number of imide groups is 1. The number of ketones is 1. The van der Waals surface area contributed by atoms with E-state index in [2.05, 4.69) is 5.32 Å². The molecule has 1 aliphatic rings. The van der Waals surface area contributed by atoms with E-state index >= 15 is 0 Å². The summed E-state index contributed by atoms with van der Waals surface area (Å²) in [5.41, 5.74) is 1.33. The number of benzene rings is 2. The standard InChI is InChI=1S/C20H19FN2O3/c1-12-4-5-13(2)16(10-12)17(24)11-23-18(25)20(3,22-19(23)26)14-6-8-15(21)9-7-14/h4-10H,11H2,1-3H3,(H,22,26)/t20-/m1/s1. The van der Waals surface area contributed by atoms with E-state index in [1.807, 2.05) is 19.1 Å². The molecule has 0 aliphatic carbocycles. The number of urea groups is 1. The van der Waals surface area contributed by atoms with Gasteiger partial charge in [0, 0.05) is 5.56 Å². The second kappa shape index (κ2) is 6.37. The monoisotopic (exact) mass is 354 g/mol. The van der Waals surface area contributed by atoms with Crippen molar-refractivity contribution in [2.45, 2.75) is 26.3 Å². The van der Waals surface area contributed by atoms with E-state index in [1.54, 1.807) is 19.9 Å². The molecule has 1 fully saturated rings. The highest BCUT2D eigenvalue weighted by Gasteiger charge is 2.49. The minimum absolute atomic E-state index is 0.307. The Morgan fingerprint density at radius 3 is 2.42 bits per heavy atom. The topological polar surface area (TPSA) is 66.5 Å². The van der Waals surface area contributed by atoms with Crippen LogP contribution in [0.15, 0.2) is 42.5 Å². The Labute approximate surface area is 150 Å². The molecule has 0 radical (unpaired) electrons. The fourth-order valence-electron chi connectivity index (χ4n) is 3.08. The summed E-state index contributed by atoms with van der Waals surface area (Å²) in [5.74, 6) is -1.28. The lowest BCUT2D eigenvalue weighted by Crippen LogP contribution is -2.41. The molecule has 1 aliphatic heterocycles. The molecule has 26 heavy (non-hydrogen) atoms. The first-order valence-corrected chi connectivity index (χ1v) is 8.23. The van der Waals surface area contributed by atoms with Crippen LogP contribution in [0.25, 0.3) is 0 Å². The summed E-state index contributed by atoms with van der Waals surface area (Å²) in [6, 6.07) is 10.2. The summed E-state index contributed by atoms with van der Waals surface area (Å²) in [4.78, 5) is 38.7. The third-order valence-corrected chi connectivity index (χ3v) is 4.69. The molecule has 2 aromatic carbocycles. The van der Waals surface area contributed by atoms with Crippen LogP contribution >= 0.6 is 0 Å². The Morgan fingerprint density at radius 2 is 1.77 bits per heavy atom. The van der Waals surface area contributed by atoms with Crippen molar-refractivity contribution in [3.05, 3.63) is 70.5 Å². The van der Waals surface area contributed by atoms with Gasteiger partial charge in [0.1, 0.15) is 11.4 Å². The van der Waals surface area contributed by atoms with Gasteiger partial charge in [0.05, 0.1) is 6.54 Å². The van der Waals surface area contributed by atoms with Crippen molar-refractivity contribution in [1.82, 2.24) is 10.2 Å². The van der Waals surface area contributed by atoms with Gasteiger partial charge < -0.3 is 5.32 Å². The number of aryl methyl sites for hydroxylation is 2. The molecule has 3 amide bonds. The molecule has 5 nitrogen and oxygen atoms in total. The molecule has 3 rings (SSSR count). The van der Waals surface area contributed by atoms with Gasteiger partial charge in [-0.05, 0) is 50.1 Å². The predicted molar refractivity (Wildman–Crippen MR) is 94.2 cm³/mol. The van der Waals surface area contributed by atoms with Crippen LogP contribution in [0.2, 0.25) is 0 Å². The maximum atomic E-state index is 13.2. The normalized spacial score (nSPS) is 19.6. The van der Waals surface area contributed by atoms with Gasteiger partial charge in [-0.15, -0.1) is 0 Å². The molecule has 0 bridgehead atoms. The second-order valence-corrected chi connectivity index (χ2v) is 6.69. The molecule has 2 aromatic rings. The lowest BCUT2D eigenvalue weighted by molar-refractivity contribution is -0.130. The van der Waals surface area contributed by atoms with E-state index in [0.29, 0.717) is 11.1 Å². The third kappa shape index (κ3) is 2.98. The van der Waals surface area contributed by atoms with Crippen molar-refractivity contribution in [2.24, 2.45) is 0 Å². The van der Waals surface area contributed by atoms with Crippen molar-refractivity contribution in [2.75, 3.05) is 6.54 Å². The maximum absolute atomic E-state index is 13.2. The Bertz CT molecular complexity index is 908. The van der Waals surface area contributed by atoms with Crippen LogP contribution < -0.4 is 5.32 Å². The molecule has 0 aromatic heterocycles. The van der Waals surface area contributed by atoms with Gasteiger partial charge in [-0.1, -0.05) is 29.8 Å². The quantitative estimate of drug-likeness (QED) is 0.678. The fourth-order valence-corrected chi connectivity index (χ4v) is 3.08. The Kier molecular flexibility index (Phi) is 4.36. The number of halogens is 1. The van der Waals surface area contributed by atoms with Crippen molar-refractivity contribution in [1.29, 1.82) is 0 Å². The third-order valence-electron chi connectivity index (χ3n) is 4.69. The van der Waals surface area contributed by atoms with Gasteiger partial charge >= 0.3 is 6.03 Å². The fraction of sp³-hybridized carbons (Fsp3) is 0.250. The number of carbonyl (C=O) groups excluding carboxylic acids is 3. The number of rotatable bonds is 4. The molecule has 134 valence electrons. The number of carbonyl (C=O) groups is 3. The van der Waals surface area contributed by atoms with E-state index < -0.39 is 23.3 Å². The Balaban J connectivity index is 1.86. The van der Waals surface area contributed by atoms with Crippen LogP contribution in [0, 0.1) is 19.7 Å². The highest BCUT2D eigenvalue weighted by molar-refractivity contribution is 6.11. The summed E-state index contributed by atoms with van der Waals surface area (Å²) in [5, 5.41) is 2.61. The zero-order valence-electron chi connectivity index (χ0n) is 14.8. The average Bonchev–Trinajstić information content (AvgIpc) is 2.81. The first kappa shape index (κ1) is 17.8. The Hall–Kier alpha value is -3.02. The van der Waals surface area contributed by atoms with Gasteiger partial charge in [0.25, 0.3) is 5.91 Å². The highest BCUT2D eigenvalue weighted by Crippen LogP contribution is 2.29. The van der Waals surface area contributed by atoms with E-state index in [-0.39, 0.29) is 12.3 Å². The predicted octanol–water partition coefficient (Wildman–Crippen LogP) is 3.09. The van der Waals surface area contributed by atoms with Crippen molar-refractivity contribution < 1.29 is 18.8 Å². The minimum atomic E-state index is -1.33. The summed E-state index contributed by atoms with van der Waals surface area (Å²) in [6.07, 6.45) is 0. The van der Waals surface area contributed by atoms with Crippen LogP contribution in [-0.2, 0) is 10.3 Å². The smallest absolute Gasteiger partial charge is 0.319 e. The summed E-state index contributed by atoms with van der Waals surface area (Å²) >= 11 is 0. The van der Waals surface area contributed by atoms with Crippen LogP contribution in [0.1, 0.15) is 34.0 Å². The van der Waals surface area contributed by atoms with Crippen LogP contribution in [0.4, 0.5) is 9.18 Å². The first-order valence-electron chi connectivity index (χ1n) is 8.23. The lowest BCUT2D eigenvalue weighted by atomic mass is 9.92. The molecule has 1 atom stereocenters. The largest absolute Gasteiger partial charge is 0.325 e. The van der Waals surface area contributed by atoms with Crippen molar-refractivity contribution in [3.63, 3.8) is 0 Å². The average molecular weight is 354 g/mol. The molecular formula is C20H19FN2O3. The van der Waals surface area contributed by atoms with Gasteiger partial charge in [-0.3, -0.25) is 14.5 Å². The number of nitrogens with zero attached hydrogens (tertiary/aromatic N) is 1. The van der Waals surface area contributed by atoms with Crippen molar-refractivity contribution >= 4 is 17.7 Å². The van der Waals surface area contributed by atoms with Crippen molar-refractivity contribution in [3.8, 4) is 0 Å². The van der Waals surface area contributed by atoms with Gasteiger partial charge in [0.2, 0.25) is 0 Å².